The van der Waals surface area contributed by atoms with Gasteiger partial charge in [0.15, 0.2) is 5.16 Å². The highest BCUT2D eigenvalue weighted by atomic mass is 32.2. The zero-order chi connectivity index (χ0) is 15.9. The SMILES string of the molecule is CCc1[nH]c2nc(Sc3ccc(C)c(C)c3)nc(C)c2c1O. The van der Waals surface area contributed by atoms with E-state index in [2.05, 4.69) is 47.0 Å². The van der Waals surface area contributed by atoms with E-state index in [0.717, 1.165) is 28.1 Å². The molecule has 0 aliphatic heterocycles. The van der Waals surface area contributed by atoms with Crippen molar-refractivity contribution in [2.24, 2.45) is 0 Å². The van der Waals surface area contributed by atoms with Crippen molar-refractivity contribution < 1.29 is 5.11 Å². The molecular weight excluding hydrogens is 294 g/mol. The van der Waals surface area contributed by atoms with Crippen LogP contribution in [0.4, 0.5) is 0 Å². The molecule has 0 spiro atoms. The fourth-order valence-corrected chi connectivity index (χ4v) is 3.36. The third-order valence-corrected chi connectivity index (χ3v) is 4.76. The summed E-state index contributed by atoms with van der Waals surface area (Å²) < 4.78 is 0. The molecule has 22 heavy (non-hydrogen) atoms. The number of rotatable bonds is 3. The third kappa shape index (κ3) is 2.57. The number of H-pyrrole nitrogens is 1. The van der Waals surface area contributed by atoms with Crippen molar-refractivity contribution in [3.63, 3.8) is 0 Å². The summed E-state index contributed by atoms with van der Waals surface area (Å²) in [6.45, 7) is 8.11. The van der Waals surface area contributed by atoms with E-state index in [1.54, 1.807) is 0 Å². The zero-order valence-corrected chi connectivity index (χ0v) is 14.0. The van der Waals surface area contributed by atoms with E-state index in [4.69, 9.17) is 0 Å². The molecule has 0 saturated carbocycles. The first-order chi connectivity index (χ1) is 10.5. The molecule has 0 aliphatic carbocycles. The van der Waals surface area contributed by atoms with E-state index >= 15 is 0 Å². The predicted molar refractivity (Wildman–Crippen MR) is 89.7 cm³/mol. The predicted octanol–water partition coefficient (Wildman–Crippen LogP) is 4.30. The van der Waals surface area contributed by atoms with Gasteiger partial charge in [0.25, 0.3) is 0 Å². The number of hydrogen-bond acceptors (Lipinski definition) is 4. The van der Waals surface area contributed by atoms with E-state index in [-0.39, 0.29) is 5.75 Å². The van der Waals surface area contributed by atoms with Crippen LogP contribution in [0, 0.1) is 20.8 Å². The molecule has 5 heteroatoms. The first-order valence-corrected chi connectivity index (χ1v) is 8.14. The summed E-state index contributed by atoms with van der Waals surface area (Å²) in [7, 11) is 0. The summed E-state index contributed by atoms with van der Waals surface area (Å²) in [6, 6.07) is 6.34. The number of nitrogens with zero attached hydrogens (tertiary/aromatic N) is 2. The molecule has 0 aliphatic rings. The number of aryl methyl sites for hydroxylation is 4. The highest BCUT2D eigenvalue weighted by Gasteiger charge is 2.15. The van der Waals surface area contributed by atoms with Crippen molar-refractivity contribution in [2.45, 2.75) is 44.2 Å². The average Bonchev–Trinajstić information content (AvgIpc) is 2.79. The normalized spacial score (nSPS) is 11.3. The molecular formula is C17H19N3OS. The molecule has 0 amide bonds. The van der Waals surface area contributed by atoms with E-state index in [1.165, 1.54) is 22.9 Å². The van der Waals surface area contributed by atoms with Crippen LogP contribution < -0.4 is 0 Å². The average molecular weight is 313 g/mol. The van der Waals surface area contributed by atoms with Gasteiger partial charge in [-0.1, -0.05) is 13.0 Å². The number of aromatic nitrogens is 3. The Morgan fingerprint density at radius 3 is 2.59 bits per heavy atom. The van der Waals surface area contributed by atoms with Gasteiger partial charge in [-0.3, -0.25) is 0 Å². The van der Waals surface area contributed by atoms with Gasteiger partial charge in [-0.25, -0.2) is 9.97 Å². The Morgan fingerprint density at radius 2 is 1.91 bits per heavy atom. The largest absolute Gasteiger partial charge is 0.505 e. The zero-order valence-electron chi connectivity index (χ0n) is 13.2. The topological polar surface area (TPSA) is 61.8 Å². The lowest BCUT2D eigenvalue weighted by atomic mass is 10.1. The number of benzene rings is 1. The molecule has 3 rings (SSSR count). The third-order valence-electron chi connectivity index (χ3n) is 3.90. The number of fused-ring (bicyclic) bond motifs is 1. The molecule has 2 N–H and O–H groups in total. The Labute approximate surface area is 134 Å². The smallest absolute Gasteiger partial charge is 0.194 e. The standard InChI is InChI=1S/C17H19N3OS/c1-5-13-15(21)14-11(4)18-17(20-16(14)19-13)22-12-7-6-9(2)10(3)8-12/h6-8,21H,5H2,1-4H3,(H,18,19,20). The summed E-state index contributed by atoms with van der Waals surface area (Å²) in [5.41, 5.74) is 4.84. The van der Waals surface area contributed by atoms with E-state index in [1.807, 2.05) is 13.8 Å². The van der Waals surface area contributed by atoms with E-state index in [9.17, 15) is 5.11 Å². The first-order valence-electron chi connectivity index (χ1n) is 7.32. The van der Waals surface area contributed by atoms with Gasteiger partial charge in [-0.15, -0.1) is 0 Å². The molecule has 0 atom stereocenters. The summed E-state index contributed by atoms with van der Waals surface area (Å²) in [5.74, 6) is 0.276. The van der Waals surface area contributed by atoms with E-state index in [0.29, 0.717) is 10.8 Å². The van der Waals surface area contributed by atoms with Crippen LogP contribution in [0.25, 0.3) is 11.0 Å². The highest BCUT2D eigenvalue weighted by Crippen LogP contribution is 2.33. The molecule has 3 aromatic rings. The highest BCUT2D eigenvalue weighted by molar-refractivity contribution is 7.99. The van der Waals surface area contributed by atoms with Crippen molar-refractivity contribution in [3.05, 3.63) is 40.7 Å². The van der Waals surface area contributed by atoms with Crippen molar-refractivity contribution in [1.82, 2.24) is 15.0 Å². The Balaban J connectivity index is 2.02. The van der Waals surface area contributed by atoms with Gasteiger partial charge in [0, 0.05) is 4.90 Å². The molecule has 0 radical (unpaired) electrons. The van der Waals surface area contributed by atoms with Gasteiger partial charge in [-0.05, 0) is 62.2 Å². The summed E-state index contributed by atoms with van der Waals surface area (Å²) in [4.78, 5) is 13.4. The summed E-state index contributed by atoms with van der Waals surface area (Å²) >= 11 is 1.54. The van der Waals surface area contributed by atoms with Gasteiger partial charge >= 0.3 is 0 Å². The van der Waals surface area contributed by atoms with Crippen molar-refractivity contribution in [2.75, 3.05) is 0 Å². The number of nitrogens with one attached hydrogen (secondary N) is 1. The Kier molecular flexibility index (Phi) is 3.83. The molecule has 2 aromatic heterocycles. The monoisotopic (exact) mass is 313 g/mol. The minimum Gasteiger partial charge on any atom is -0.505 e. The minimum absolute atomic E-state index is 0.276. The van der Waals surface area contributed by atoms with Gasteiger partial charge < -0.3 is 10.1 Å². The molecule has 4 nitrogen and oxygen atoms in total. The second-order valence-electron chi connectivity index (χ2n) is 5.47. The van der Waals surface area contributed by atoms with Gasteiger partial charge in [0.05, 0.1) is 16.8 Å². The van der Waals surface area contributed by atoms with Gasteiger partial charge in [0.1, 0.15) is 11.4 Å². The van der Waals surface area contributed by atoms with Crippen LogP contribution in [-0.2, 0) is 6.42 Å². The molecule has 0 fully saturated rings. The van der Waals surface area contributed by atoms with Crippen LogP contribution >= 0.6 is 11.8 Å². The fraction of sp³-hybridized carbons (Fsp3) is 0.294. The molecule has 1 aromatic carbocycles. The molecule has 114 valence electrons. The van der Waals surface area contributed by atoms with Crippen LogP contribution in [0.1, 0.15) is 29.4 Å². The van der Waals surface area contributed by atoms with E-state index < -0.39 is 0 Å². The first kappa shape index (κ1) is 14.9. The van der Waals surface area contributed by atoms with Crippen molar-refractivity contribution in [1.29, 1.82) is 0 Å². The lowest BCUT2D eigenvalue weighted by Gasteiger charge is -2.05. The molecule has 0 bridgehead atoms. The van der Waals surface area contributed by atoms with Crippen LogP contribution in [0.3, 0.4) is 0 Å². The number of hydrogen-bond donors (Lipinski definition) is 2. The Hall–Kier alpha value is -2.01. The number of aromatic amines is 1. The second-order valence-corrected chi connectivity index (χ2v) is 6.51. The van der Waals surface area contributed by atoms with Crippen molar-refractivity contribution in [3.8, 4) is 5.75 Å². The summed E-state index contributed by atoms with van der Waals surface area (Å²) in [5, 5.41) is 11.6. The Morgan fingerprint density at radius 1 is 1.14 bits per heavy atom. The molecule has 0 unspecified atom stereocenters. The lowest BCUT2D eigenvalue weighted by Crippen LogP contribution is -1.92. The van der Waals surface area contributed by atoms with Crippen molar-refractivity contribution >= 4 is 22.8 Å². The molecule has 0 saturated heterocycles. The second kappa shape index (κ2) is 5.65. The minimum atomic E-state index is 0.276. The van der Waals surface area contributed by atoms with Crippen LogP contribution in [0.5, 0.6) is 5.75 Å². The maximum Gasteiger partial charge on any atom is 0.194 e. The van der Waals surface area contributed by atoms with Gasteiger partial charge in [0.2, 0.25) is 0 Å². The van der Waals surface area contributed by atoms with Gasteiger partial charge in [-0.2, -0.15) is 0 Å². The lowest BCUT2D eigenvalue weighted by molar-refractivity contribution is 0.474. The van der Waals surface area contributed by atoms with Crippen LogP contribution in [0.2, 0.25) is 0 Å². The summed E-state index contributed by atoms with van der Waals surface area (Å²) in [6.07, 6.45) is 0.737. The fourth-order valence-electron chi connectivity index (χ4n) is 2.46. The quantitative estimate of drug-likeness (QED) is 0.708. The maximum atomic E-state index is 10.2. The molecule has 2 heterocycles. The maximum absolute atomic E-state index is 10.2. The Bertz CT molecular complexity index is 855. The van der Waals surface area contributed by atoms with Crippen LogP contribution in [-0.4, -0.2) is 20.1 Å². The van der Waals surface area contributed by atoms with Crippen LogP contribution in [0.15, 0.2) is 28.3 Å². The number of aromatic hydroxyl groups is 1.